The SMILES string of the molecule is C#C[C@@H]1CCCC1C.C=CO.CC. The molecule has 76 valence electrons. The predicted octanol–water partition coefficient (Wildman–Crippen LogP) is 3.77. The summed E-state index contributed by atoms with van der Waals surface area (Å²) in [5.74, 6) is 4.20. The number of terminal acetylenes is 1. The molecule has 0 aliphatic heterocycles. The molecule has 1 rings (SSSR count). The summed E-state index contributed by atoms with van der Waals surface area (Å²) in [6, 6.07) is 0. The molecule has 1 fully saturated rings. The Morgan fingerprint density at radius 2 is 1.92 bits per heavy atom. The molecule has 2 atom stereocenters. The van der Waals surface area contributed by atoms with Gasteiger partial charge in [-0.2, -0.15) is 0 Å². The molecule has 0 heterocycles. The van der Waals surface area contributed by atoms with E-state index in [1.54, 1.807) is 0 Å². The normalized spacial score (nSPS) is 24.2. The minimum atomic E-state index is 0.593. The molecule has 0 radical (unpaired) electrons. The highest BCUT2D eigenvalue weighted by Crippen LogP contribution is 2.29. The Bertz CT molecular complexity index is 144. The van der Waals surface area contributed by atoms with E-state index < -0.39 is 0 Å². The average molecular weight is 182 g/mol. The van der Waals surface area contributed by atoms with Crippen molar-refractivity contribution < 1.29 is 5.11 Å². The molecule has 1 saturated carbocycles. The highest BCUT2D eigenvalue weighted by atomic mass is 16.2. The van der Waals surface area contributed by atoms with Crippen LogP contribution in [-0.2, 0) is 0 Å². The van der Waals surface area contributed by atoms with E-state index in [1.165, 1.54) is 19.3 Å². The van der Waals surface area contributed by atoms with Gasteiger partial charge in [0.1, 0.15) is 0 Å². The Hall–Kier alpha value is -0.900. The Kier molecular flexibility index (Phi) is 12.5. The van der Waals surface area contributed by atoms with Crippen molar-refractivity contribution >= 4 is 0 Å². The maximum absolute atomic E-state index is 7.33. The van der Waals surface area contributed by atoms with Crippen molar-refractivity contribution in [3.63, 3.8) is 0 Å². The highest BCUT2D eigenvalue weighted by Gasteiger charge is 2.20. The van der Waals surface area contributed by atoms with Crippen LogP contribution in [0.1, 0.15) is 40.0 Å². The van der Waals surface area contributed by atoms with Crippen molar-refractivity contribution in [1.82, 2.24) is 0 Å². The number of rotatable bonds is 0. The molecule has 1 heteroatoms. The molecule has 13 heavy (non-hydrogen) atoms. The van der Waals surface area contributed by atoms with Crippen molar-refractivity contribution in [2.24, 2.45) is 11.8 Å². The summed E-state index contributed by atoms with van der Waals surface area (Å²) >= 11 is 0. The zero-order valence-corrected chi connectivity index (χ0v) is 9.09. The fourth-order valence-electron chi connectivity index (χ4n) is 1.39. The molecule has 0 amide bonds. The minimum absolute atomic E-state index is 0.593. The fraction of sp³-hybridized carbons (Fsp3) is 0.667. The molecule has 0 bridgehead atoms. The summed E-state index contributed by atoms with van der Waals surface area (Å²) in [6.45, 7) is 9.16. The van der Waals surface area contributed by atoms with Gasteiger partial charge in [0.2, 0.25) is 0 Å². The van der Waals surface area contributed by atoms with Crippen molar-refractivity contribution in [3.05, 3.63) is 12.8 Å². The first-order valence-electron chi connectivity index (χ1n) is 4.97. The van der Waals surface area contributed by atoms with E-state index >= 15 is 0 Å². The summed E-state index contributed by atoms with van der Waals surface area (Å²) in [5, 5.41) is 7.33. The number of hydrogen-bond donors (Lipinski definition) is 1. The molecular weight excluding hydrogens is 160 g/mol. The Morgan fingerprint density at radius 3 is 2.08 bits per heavy atom. The Labute approximate surface area is 82.9 Å². The summed E-state index contributed by atoms with van der Waals surface area (Å²) in [7, 11) is 0. The van der Waals surface area contributed by atoms with Gasteiger partial charge < -0.3 is 5.11 Å². The van der Waals surface area contributed by atoms with Gasteiger partial charge in [-0.05, 0) is 18.8 Å². The van der Waals surface area contributed by atoms with Gasteiger partial charge in [-0.1, -0.05) is 33.8 Å². The lowest BCUT2D eigenvalue weighted by molar-refractivity contribution is 0.476. The van der Waals surface area contributed by atoms with Crippen molar-refractivity contribution in [2.75, 3.05) is 0 Å². The summed E-state index contributed by atoms with van der Waals surface area (Å²) in [5.41, 5.74) is 0. The molecule has 0 aromatic rings. The van der Waals surface area contributed by atoms with E-state index in [2.05, 4.69) is 19.4 Å². The van der Waals surface area contributed by atoms with E-state index in [4.69, 9.17) is 11.5 Å². The maximum Gasteiger partial charge on any atom is 0.0719 e. The quantitative estimate of drug-likeness (QED) is 0.446. The van der Waals surface area contributed by atoms with Crippen LogP contribution in [0.5, 0.6) is 0 Å². The highest BCUT2D eigenvalue weighted by molar-refractivity contribution is 4.97. The van der Waals surface area contributed by atoms with Crippen LogP contribution in [0.25, 0.3) is 0 Å². The van der Waals surface area contributed by atoms with E-state index in [0.29, 0.717) is 5.92 Å². The molecule has 1 aliphatic rings. The lowest BCUT2D eigenvalue weighted by Gasteiger charge is -2.04. The third-order valence-electron chi connectivity index (χ3n) is 2.08. The van der Waals surface area contributed by atoms with Gasteiger partial charge in [-0.3, -0.25) is 0 Å². The van der Waals surface area contributed by atoms with Crippen molar-refractivity contribution in [1.29, 1.82) is 0 Å². The molecule has 1 nitrogen and oxygen atoms in total. The van der Waals surface area contributed by atoms with Crippen molar-refractivity contribution in [3.8, 4) is 12.3 Å². The van der Waals surface area contributed by atoms with Crippen LogP contribution in [0, 0.1) is 24.2 Å². The van der Waals surface area contributed by atoms with E-state index in [9.17, 15) is 0 Å². The van der Waals surface area contributed by atoms with Crippen LogP contribution in [0.3, 0.4) is 0 Å². The second-order valence-corrected chi connectivity index (χ2v) is 2.86. The van der Waals surface area contributed by atoms with Gasteiger partial charge >= 0.3 is 0 Å². The van der Waals surface area contributed by atoms with Crippen LogP contribution in [0.15, 0.2) is 12.8 Å². The summed E-state index contributed by atoms with van der Waals surface area (Å²) in [6.07, 6.45) is 9.97. The van der Waals surface area contributed by atoms with Gasteiger partial charge in [-0.15, -0.1) is 12.3 Å². The molecule has 0 spiro atoms. The standard InChI is InChI=1S/C8H12.C2H4O.C2H6/c1-3-8-6-4-5-7(8)2;1-2-3;1-2/h1,7-8H,4-6H2,2H3;2-3H,1H2;1-2H3/t7?,8-;;/m1../s1. The van der Waals surface area contributed by atoms with E-state index in [0.717, 1.165) is 12.2 Å². The predicted molar refractivity (Wildman–Crippen MR) is 59.5 cm³/mol. The van der Waals surface area contributed by atoms with Crippen LogP contribution >= 0.6 is 0 Å². The third-order valence-corrected chi connectivity index (χ3v) is 2.08. The van der Waals surface area contributed by atoms with Gasteiger partial charge in [0.05, 0.1) is 6.26 Å². The lowest BCUT2D eigenvalue weighted by atomic mass is 10.00. The monoisotopic (exact) mass is 182 g/mol. The van der Waals surface area contributed by atoms with Gasteiger partial charge in [0.15, 0.2) is 0 Å². The fourth-order valence-corrected chi connectivity index (χ4v) is 1.39. The third kappa shape index (κ3) is 7.46. The molecule has 1 aliphatic carbocycles. The van der Waals surface area contributed by atoms with Crippen LogP contribution in [-0.4, -0.2) is 5.11 Å². The lowest BCUT2D eigenvalue weighted by Crippen LogP contribution is -1.98. The summed E-state index contributed by atoms with van der Waals surface area (Å²) < 4.78 is 0. The van der Waals surface area contributed by atoms with E-state index in [-0.39, 0.29) is 0 Å². The summed E-state index contributed by atoms with van der Waals surface area (Å²) in [4.78, 5) is 0. The Morgan fingerprint density at radius 1 is 1.46 bits per heavy atom. The van der Waals surface area contributed by atoms with Gasteiger partial charge in [0, 0.05) is 5.92 Å². The first-order valence-corrected chi connectivity index (χ1v) is 4.97. The molecule has 0 aromatic heterocycles. The maximum atomic E-state index is 7.33. The minimum Gasteiger partial charge on any atom is -0.516 e. The first-order chi connectivity index (χ1) is 6.26. The molecule has 0 aromatic carbocycles. The Balaban J connectivity index is 0. The average Bonchev–Trinajstić information content (AvgIpc) is 2.56. The smallest absolute Gasteiger partial charge is 0.0719 e. The van der Waals surface area contributed by atoms with Crippen LogP contribution in [0.4, 0.5) is 0 Å². The van der Waals surface area contributed by atoms with E-state index in [1.807, 2.05) is 13.8 Å². The first kappa shape index (κ1) is 14.6. The molecular formula is C12H22O. The number of aliphatic hydroxyl groups is 1. The zero-order chi connectivity index (χ0) is 10.7. The largest absolute Gasteiger partial charge is 0.516 e. The molecule has 1 N–H and O–H groups in total. The number of hydrogen-bond acceptors (Lipinski definition) is 1. The van der Waals surface area contributed by atoms with Gasteiger partial charge in [-0.25, -0.2) is 0 Å². The number of aliphatic hydroxyl groups excluding tert-OH is 1. The molecule has 0 saturated heterocycles. The molecule has 1 unspecified atom stereocenters. The zero-order valence-electron chi connectivity index (χ0n) is 9.09. The van der Waals surface area contributed by atoms with Crippen LogP contribution in [0.2, 0.25) is 0 Å². The second-order valence-electron chi connectivity index (χ2n) is 2.86. The van der Waals surface area contributed by atoms with Crippen molar-refractivity contribution in [2.45, 2.75) is 40.0 Å². The van der Waals surface area contributed by atoms with Crippen LogP contribution < -0.4 is 0 Å². The van der Waals surface area contributed by atoms with Gasteiger partial charge in [0.25, 0.3) is 0 Å². The topological polar surface area (TPSA) is 20.2 Å². The second kappa shape index (κ2) is 11.1.